The highest BCUT2D eigenvalue weighted by Gasteiger charge is 2.27. The van der Waals surface area contributed by atoms with Crippen LogP contribution < -0.4 is 11.5 Å². The highest BCUT2D eigenvalue weighted by atomic mass is 32.1. The smallest absolute Gasteiger partial charge is 0.231 e. The Kier molecular flexibility index (Phi) is 3.76. The molecule has 1 aromatic heterocycles. The molecule has 1 unspecified atom stereocenters. The van der Waals surface area contributed by atoms with Crippen LogP contribution in [0.4, 0.5) is 5.69 Å². The molecular formula is C16H15N5OS. The number of aliphatic imine (C=N–C) groups is 1. The van der Waals surface area contributed by atoms with Gasteiger partial charge in [-0.1, -0.05) is 12.1 Å². The van der Waals surface area contributed by atoms with Crippen LogP contribution in [-0.4, -0.2) is 23.8 Å². The van der Waals surface area contributed by atoms with E-state index in [4.69, 9.17) is 16.7 Å². The Morgan fingerprint density at radius 3 is 2.87 bits per heavy atom. The minimum atomic E-state index is -0.307. The maximum Gasteiger partial charge on any atom is 0.231 e. The molecule has 0 saturated carbocycles. The van der Waals surface area contributed by atoms with Gasteiger partial charge >= 0.3 is 0 Å². The van der Waals surface area contributed by atoms with E-state index in [0.29, 0.717) is 11.3 Å². The molecule has 1 aliphatic heterocycles. The van der Waals surface area contributed by atoms with E-state index in [2.05, 4.69) is 11.1 Å². The van der Waals surface area contributed by atoms with Gasteiger partial charge in [0.05, 0.1) is 34.7 Å². The molecule has 0 aliphatic carbocycles. The summed E-state index contributed by atoms with van der Waals surface area (Å²) in [5.41, 5.74) is 14.0. The van der Waals surface area contributed by atoms with Crippen LogP contribution in [0, 0.1) is 11.3 Å². The van der Waals surface area contributed by atoms with Crippen molar-refractivity contribution in [3.8, 4) is 16.5 Å². The van der Waals surface area contributed by atoms with Crippen LogP contribution in [0.2, 0.25) is 0 Å². The van der Waals surface area contributed by atoms with Gasteiger partial charge in [0.1, 0.15) is 0 Å². The molecule has 116 valence electrons. The van der Waals surface area contributed by atoms with Gasteiger partial charge in [0.25, 0.3) is 0 Å². The molecule has 7 heteroatoms. The van der Waals surface area contributed by atoms with Crippen molar-refractivity contribution >= 4 is 28.9 Å². The van der Waals surface area contributed by atoms with Crippen LogP contribution in [-0.2, 0) is 4.79 Å². The monoisotopic (exact) mass is 325 g/mol. The lowest BCUT2D eigenvalue weighted by atomic mass is 10.1. The first-order valence-electron chi connectivity index (χ1n) is 6.99. The van der Waals surface area contributed by atoms with Crippen molar-refractivity contribution in [2.45, 2.75) is 12.5 Å². The van der Waals surface area contributed by atoms with E-state index in [-0.39, 0.29) is 24.3 Å². The van der Waals surface area contributed by atoms with Gasteiger partial charge in [-0.3, -0.25) is 9.69 Å². The maximum absolute atomic E-state index is 11.9. The molecule has 2 aromatic rings. The molecule has 3 rings (SSSR count). The third-order valence-electron chi connectivity index (χ3n) is 3.74. The molecule has 0 saturated heterocycles. The number of thiophene rings is 1. The summed E-state index contributed by atoms with van der Waals surface area (Å²) in [5.74, 6) is 0.147. The molecular weight excluding hydrogens is 310 g/mol. The molecule has 0 fully saturated rings. The Balaban J connectivity index is 1.99. The van der Waals surface area contributed by atoms with Crippen LogP contribution in [0.3, 0.4) is 0 Å². The van der Waals surface area contributed by atoms with Crippen molar-refractivity contribution in [1.29, 1.82) is 5.26 Å². The summed E-state index contributed by atoms with van der Waals surface area (Å²) in [6.45, 7) is 0. The van der Waals surface area contributed by atoms with Crippen LogP contribution >= 0.6 is 11.3 Å². The van der Waals surface area contributed by atoms with E-state index in [1.807, 2.05) is 18.2 Å². The highest BCUT2D eigenvalue weighted by Crippen LogP contribution is 2.40. The van der Waals surface area contributed by atoms with Gasteiger partial charge in [-0.15, -0.1) is 11.3 Å². The highest BCUT2D eigenvalue weighted by molar-refractivity contribution is 7.16. The quantitative estimate of drug-likeness (QED) is 0.881. The molecule has 0 bridgehead atoms. The van der Waals surface area contributed by atoms with E-state index in [0.717, 1.165) is 15.3 Å². The summed E-state index contributed by atoms with van der Waals surface area (Å²) in [7, 11) is 1.61. The molecule has 1 aromatic carbocycles. The second-order valence-electron chi connectivity index (χ2n) is 5.29. The molecule has 6 nitrogen and oxygen atoms in total. The second-order valence-corrected chi connectivity index (χ2v) is 6.37. The number of nitrogen functional groups attached to an aromatic ring is 1. The Labute approximate surface area is 137 Å². The lowest BCUT2D eigenvalue weighted by Crippen LogP contribution is -2.42. The van der Waals surface area contributed by atoms with Crippen molar-refractivity contribution < 1.29 is 4.79 Å². The summed E-state index contributed by atoms with van der Waals surface area (Å²) in [5, 5.41) is 9.02. The Hall–Kier alpha value is -2.85. The number of guanidine groups is 1. The first-order valence-corrected chi connectivity index (χ1v) is 7.81. The summed E-state index contributed by atoms with van der Waals surface area (Å²) in [4.78, 5) is 19.4. The number of amides is 1. The van der Waals surface area contributed by atoms with Crippen molar-refractivity contribution in [3.05, 3.63) is 40.8 Å². The number of hydrogen-bond acceptors (Lipinski definition) is 6. The summed E-state index contributed by atoms with van der Waals surface area (Å²) >= 11 is 1.48. The average molecular weight is 325 g/mol. The molecule has 4 N–H and O–H groups in total. The SMILES string of the molecule is CN1C(=O)CC(c2cc(N)c(-c3cccc(C#N)c3)s2)N=C1N. The Bertz CT molecular complexity index is 848. The summed E-state index contributed by atoms with van der Waals surface area (Å²) in [6.07, 6.45) is 0.273. The fraction of sp³-hybridized carbons (Fsp3) is 0.188. The fourth-order valence-corrected chi connectivity index (χ4v) is 3.55. The number of anilines is 1. The van der Waals surface area contributed by atoms with E-state index in [1.54, 1.807) is 19.2 Å². The molecule has 0 radical (unpaired) electrons. The van der Waals surface area contributed by atoms with Gasteiger partial charge in [-0.25, -0.2) is 4.99 Å². The van der Waals surface area contributed by atoms with Crippen LogP contribution in [0.15, 0.2) is 35.3 Å². The van der Waals surface area contributed by atoms with Gasteiger partial charge in [0.15, 0.2) is 5.96 Å². The molecule has 0 spiro atoms. The summed E-state index contributed by atoms with van der Waals surface area (Å²) < 4.78 is 0. The predicted molar refractivity (Wildman–Crippen MR) is 90.6 cm³/mol. The topological polar surface area (TPSA) is 108 Å². The minimum absolute atomic E-state index is 0.0671. The number of hydrogen-bond donors (Lipinski definition) is 2. The Morgan fingerprint density at radius 2 is 2.17 bits per heavy atom. The van der Waals surface area contributed by atoms with Crippen LogP contribution in [0.1, 0.15) is 22.9 Å². The number of nitrogens with zero attached hydrogens (tertiary/aromatic N) is 3. The van der Waals surface area contributed by atoms with Gasteiger partial charge in [0.2, 0.25) is 5.91 Å². The van der Waals surface area contributed by atoms with E-state index in [9.17, 15) is 4.79 Å². The van der Waals surface area contributed by atoms with E-state index in [1.165, 1.54) is 16.2 Å². The van der Waals surface area contributed by atoms with Gasteiger partial charge in [0, 0.05) is 11.9 Å². The number of rotatable bonds is 2. The summed E-state index contributed by atoms with van der Waals surface area (Å²) in [6, 6.07) is 10.9. The second kappa shape index (κ2) is 5.74. The van der Waals surface area contributed by atoms with Gasteiger partial charge in [-0.2, -0.15) is 5.26 Å². The number of benzene rings is 1. The number of nitrogens with two attached hydrogens (primary N) is 2. The number of carbonyl (C=O) groups is 1. The molecule has 23 heavy (non-hydrogen) atoms. The Morgan fingerprint density at radius 1 is 1.39 bits per heavy atom. The van der Waals surface area contributed by atoms with Crippen molar-refractivity contribution in [2.75, 3.05) is 12.8 Å². The zero-order valence-corrected chi connectivity index (χ0v) is 13.3. The normalized spacial score (nSPS) is 17.7. The molecule has 1 atom stereocenters. The van der Waals surface area contributed by atoms with Crippen LogP contribution in [0.25, 0.3) is 10.4 Å². The minimum Gasteiger partial charge on any atom is -0.398 e. The number of carbonyl (C=O) groups excluding carboxylic acids is 1. The van der Waals surface area contributed by atoms with Gasteiger partial charge in [-0.05, 0) is 23.8 Å². The van der Waals surface area contributed by atoms with E-state index >= 15 is 0 Å². The zero-order valence-electron chi connectivity index (χ0n) is 12.5. The molecule has 2 heterocycles. The average Bonchev–Trinajstić information content (AvgIpc) is 2.94. The third kappa shape index (κ3) is 2.76. The predicted octanol–water partition coefficient (Wildman–Crippen LogP) is 2.09. The van der Waals surface area contributed by atoms with Crippen molar-refractivity contribution in [1.82, 2.24) is 4.90 Å². The molecule has 1 aliphatic rings. The molecule has 1 amide bonds. The number of nitriles is 1. The maximum atomic E-state index is 11.9. The van der Waals surface area contributed by atoms with E-state index < -0.39 is 0 Å². The third-order valence-corrected chi connectivity index (χ3v) is 5.04. The standard InChI is InChI=1S/C16H15N5OS/c1-21-14(22)7-12(20-16(21)19)13-6-11(18)15(23-13)10-4-2-3-9(5-10)8-17/h2-6,12H,7,18H2,1H3,(H2,19,20). The lowest BCUT2D eigenvalue weighted by molar-refractivity contribution is -0.127. The van der Waals surface area contributed by atoms with Gasteiger partial charge < -0.3 is 11.5 Å². The van der Waals surface area contributed by atoms with Crippen LogP contribution in [0.5, 0.6) is 0 Å². The first-order chi connectivity index (χ1) is 11.0. The first kappa shape index (κ1) is 15.1. The van der Waals surface area contributed by atoms with Crippen molar-refractivity contribution in [3.63, 3.8) is 0 Å². The zero-order chi connectivity index (χ0) is 16.6. The van der Waals surface area contributed by atoms with Crippen molar-refractivity contribution in [2.24, 2.45) is 10.7 Å². The largest absolute Gasteiger partial charge is 0.398 e. The lowest BCUT2D eigenvalue weighted by Gasteiger charge is -2.24. The fourth-order valence-electron chi connectivity index (χ4n) is 2.43.